The number of nitrogen functional groups attached to an aromatic ring is 1. The molecular formula is C71H64Br5N23O5. The van der Waals surface area contributed by atoms with E-state index >= 15 is 0 Å². The van der Waals surface area contributed by atoms with Gasteiger partial charge in [0, 0.05) is 28.1 Å². The number of aromatic nitrogens is 18. The van der Waals surface area contributed by atoms with Gasteiger partial charge in [0.2, 0.25) is 5.82 Å². The second-order valence-corrected chi connectivity index (χ2v) is 27.1. The molecule has 13 aromatic rings. The first-order valence-electron chi connectivity index (χ1n) is 31.3. The molecule has 0 unspecified atom stereocenters. The highest BCUT2D eigenvalue weighted by Gasteiger charge is 2.44. The van der Waals surface area contributed by atoms with E-state index < -0.39 is 17.8 Å². The number of hydrogen-bond acceptors (Lipinski definition) is 20. The van der Waals surface area contributed by atoms with Crippen LogP contribution in [-0.2, 0) is 10.3 Å². The average Bonchev–Trinajstić information content (AvgIpc) is 1.62. The molecule has 0 bridgehead atoms. The molecule has 3 fully saturated rings. The fourth-order valence-electron chi connectivity index (χ4n) is 9.17. The van der Waals surface area contributed by atoms with Crippen LogP contribution >= 0.6 is 79.6 Å². The number of carboxylic acid groups (broad SMARTS) is 1. The summed E-state index contributed by atoms with van der Waals surface area (Å²) >= 11 is 16.7. The van der Waals surface area contributed by atoms with Gasteiger partial charge < -0.3 is 27.0 Å². The quantitative estimate of drug-likeness (QED) is 0.0615. The molecule has 3 saturated carbocycles. The Balaban J connectivity index is 0.000000142. The fourth-order valence-corrected chi connectivity index (χ4v) is 11.1. The maximum Gasteiger partial charge on any atom is 0.378 e. The number of nitrogens with zero attached hydrogens (tertiary/aromatic N) is 20. The topological polar surface area (TPSA) is 391 Å². The van der Waals surface area contributed by atoms with E-state index in [2.05, 4.69) is 177 Å². The molecule has 7 aromatic carbocycles. The molecule has 6 heterocycles. The summed E-state index contributed by atoms with van der Waals surface area (Å²) in [5.41, 5.74) is 25.2. The van der Waals surface area contributed by atoms with Gasteiger partial charge in [0.1, 0.15) is 50.1 Å². The SMILES string of the molecule is C.CCOC(=O)c1ncn(-c2cccc(Br)c2)n1.N#Cc1ncn(-c2cccc(Br)c2)n1.N#Cc1ncn(-c2cccc(C3CC3)c2)n1.NC(=O)c1ncn(-c2cccc(Br)c2)n1.NC1(c2ncn(-c3cccc(C4CC4)c3)n2)CC1.Nc1cccc(Br)c1.O=C(O)c1ncn(-c2cccc(Br)c2)n1. The zero-order valence-electron chi connectivity index (χ0n) is 54.4. The van der Waals surface area contributed by atoms with E-state index in [0.717, 1.165) is 92.7 Å². The molecule has 0 radical (unpaired) electrons. The van der Waals surface area contributed by atoms with E-state index in [1.807, 2.05) is 150 Å². The van der Waals surface area contributed by atoms with Crippen LogP contribution in [0.1, 0.15) is 125 Å². The molecule has 528 valence electrons. The minimum Gasteiger partial charge on any atom is -0.475 e. The molecule has 28 nitrogen and oxygen atoms in total. The first kappa shape index (κ1) is 77.1. The zero-order valence-corrected chi connectivity index (χ0v) is 62.3. The number of carbonyl (C=O) groups excluding carboxylic acids is 2. The molecule has 0 atom stereocenters. The van der Waals surface area contributed by atoms with Crippen LogP contribution in [0.4, 0.5) is 5.69 Å². The highest BCUT2D eigenvalue weighted by atomic mass is 79.9. The van der Waals surface area contributed by atoms with E-state index in [9.17, 15) is 14.4 Å². The number of aromatic carboxylic acids is 1. The lowest BCUT2D eigenvalue weighted by Crippen LogP contribution is -2.20. The lowest BCUT2D eigenvalue weighted by molar-refractivity contribution is 0.0511. The van der Waals surface area contributed by atoms with Gasteiger partial charge in [-0.25, -0.2) is 67.6 Å². The highest BCUT2D eigenvalue weighted by molar-refractivity contribution is 9.11. The summed E-state index contributed by atoms with van der Waals surface area (Å²) in [6, 6.07) is 58.2. The van der Waals surface area contributed by atoms with Gasteiger partial charge in [0.15, 0.2) is 5.82 Å². The van der Waals surface area contributed by atoms with Crippen molar-refractivity contribution < 1.29 is 24.2 Å². The molecule has 6 aromatic heterocycles. The number of primary amides is 1. The summed E-state index contributed by atoms with van der Waals surface area (Å²) in [6.45, 7) is 2.05. The largest absolute Gasteiger partial charge is 0.475 e. The predicted molar refractivity (Wildman–Crippen MR) is 404 cm³/mol. The van der Waals surface area contributed by atoms with Crippen molar-refractivity contribution in [2.75, 3.05) is 12.3 Å². The third-order valence-electron chi connectivity index (χ3n) is 14.8. The molecule has 33 heteroatoms. The summed E-state index contributed by atoms with van der Waals surface area (Å²) < 4.78 is 19.0. The Labute approximate surface area is 638 Å². The summed E-state index contributed by atoms with van der Waals surface area (Å²) in [5.74, 6) is 0.211. The molecule has 3 aliphatic carbocycles. The van der Waals surface area contributed by atoms with E-state index in [0.29, 0.717) is 6.61 Å². The number of carbonyl (C=O) groups is 3. The van der Waals surface area contributed by atoms with Crippen molar-refractivity contribution in [3.8, 4) is 46.3 Å². The number of carboxylic acids is 1. The van der Waals surface area contributed by atoms with Crippen molar-refractivity contribution in [2.45, 2.75) is 70.3 Å². The number of anilines is 1. The van der Waals surface area contributed by atoms with E-state index in [-0.39, 0.29) is 42.1 Å². The normalized spacial score (nSPS) is 12.5. The molecule has 3 aliphatic rings. The van der Waals surface area contributed by atoms with Gasteiger partial charge in [-0.05, 0) is 184 Å². The van der Waals surface area contributed by atoms with Crippen LogP contribution in [0.15, 0.2) is 230 Å². The van der Waals surface area contributed by atoms with E-state index in [1.54, 1.807) is 28.9 Å². The maximum atomic E-state index is 11.4. The summed E-state index contributed by atoms with van der Waals surface area (Å²) in [4.78, 5) is 56.1. The van der Waals surface area contributed by atoms with Gasteiger partial charge in [-0.15, -0.1) is 30.6 Å². The lowest BCUT2D eigenvalue weighted by Gasteiger charge is -2.04. The van der Waals surface area contributed by atoms with Gasteiger partial charge in [0.25, 0.3) is 29.2 Å². The Morgan fingerprint density at radius 1 is 0.481 bits per heavy atom. The molecule has 7 N–H and O–H groups in total. The molecule has 0 spiro atoms. The van der Waals surface area contributed by atoms with Crippen molar-refractivity contribution in [3.05, 3.63) is 276 Å². The molecule has 0 saturated heterocycles. The second-order valence-electron chi connectivity index (χ2n) is 22.6. The van der Waals surface area contributed by atoms with Crippen LogP contribution in [0, 0.1) is 22.7 Å². The van der Waals surface area contributed by atoms with Crippen LogP contribution < -0.4 is 17.2 Å². The van der Waals surface area contributed by atoms with Crippen molar-refractivity contribution in [3.63, 3.8) is 0 Å². The highest BCUT2D eigenvalue weighted by Crippen LogP contribution is 2.42. The van der Waals surface area contributed by atoms with Crippen LogP contribution in [0.2, 0.25) is 0 Å². The van der Waals surface area contributed by atoms with E-state index in [1.165, 1.54) is 76.2 Å². The van der Waals surface area contributed by atoms with E-state index in [4.69, 9.17) is 37.6 Å². The average molecular weight is 1720 g/mol. The number of rotatable bonds is 13. The fraction of sp³-hybridized carbons (Fsp3) is 0.169. The maximum absolute atomic E-state index is 11.4. The van der Waals surface area contributed by atoms with Gasteiger partial charge >= 0.3 is 11.9 Å². The number of benzene rings is 7. The summed E-state index contributed by atoms with van der Waals surface area (Å²) in [6.07, 6.45) is 16.4. The van der Waals surface area contributed by atoms with Crippen molar-refractivity contribution in [1.29, 1.82) is 10.5 Å². The Morgan fingerprint density at radius 2 is 0.817 bits per heavy atom. The van der Waals surface area contributed by atoms with Crippen LogP contribution in [0.5, 0.6) is 0 Å². The lowest BCUT2D eigenvalue weighted by atomic mass is 10.1. The van der Waals surface area contributed by atoms with Gasteiger partial charge in [-0.3, -0.25) is 4.79 Å². The Hall–Kier alpha value is -11.1. The Morgan fingerprint density at radius 3 is 1.14 bits per heavy atom. The third-order valence-corrected chi connectivity index (χ3v) is 17.2. The zero-order chi connectivity index (χ0) is 73.0. The molecule has 104 heavy (non-hydrogen) atoms. The Kier molecular flexibility index (Phi) is 27.2. The summed E-state index contributed by atoms with van der Waals surface area (Å²) in [5, 5.41) is 50.2. The number of hydrogen-bond donors (Lipinski definition) is 4. The number of amides is 1. The standard InChI is InChI=1S/C14H16N4.C12H10N4.C11H10BrN3O2.C9H7BrN4O.C9H5BrN4.C9H6BrN3O2.C6H6BrN.CH4/c15-14(6-7-14)13-16-9-18(17-13)12-3-1-2-11(8-12)10-4-5-10;13-7-12-14-8-16(15-12)11-3-1-2-10(6-11)9-4-5-9;1-2-17-11(16)10-13-7-15(14-10)9-5-3-4-8(12)6-9;10-6-2-1-3-7(4-6)14-5-12-9(13-14)8(11)15;10-7-2-1-3-8(4-7)14-6-12-9(5-11)13-14;10-6-2-1-3-7(4-6)13-5-11-8(12-13)9(14)15;7-5-2-1-3-6(8)4-5;/h1-3,8-10H,4-7,15H2;1-3,6,8-9H,4-5H2;3-7H,2H2,1H3;1-5H,(H2,11,15);1-4,6H;1-5H,(H,14,15);1-4H,8H2;1H4. The number of esters is 1. The Bertz CT molecular complexity index is 5050. The molecular weight excluding hydrogens is 1650 g/mol. The number of nitriles is 2. The molecule has 1 amide bonds. The molecule has 16 rings (SSSR count). The minimum absolute atomic E-state index is 0. The summed E-state index contributed by atoms with van der Waals surface area (Å²) in [7, 11) is 0. The third kappa shape index (κ3) is 22.5. The van der Waals surface area contributed by atoms with Crippen molar-refractivity contribution >= 4 is 103 Å². The van der Waals surface area contributed by atoms with Crippen LogP contribution in [0.25, 0.3) is 34.1 Å². The molecule has 0 aliphatic heterocycles. The monoisotopic (exact) mass is 1710 g/mol. The smallest absolute Gasteiger partial charge is 0.378 e. The first-order valence-corrected chi connectivity index (χ1v) is 35.2. The van der Waals surface area contributed by atoms with Crippen LogP contribution in [-0.4, -0.2) is 118 Å². The predicted octanol–water partition coefficient (Wildman–Crippen LogP) is 13.7. The van der Waals surface area contributed by atoms with Crippen molar-refractivity contribution in [2.24, 2.45) is 11.5 Å². The minimum atomic E-state index is -1.14. The van der Waals surface area contributed by atoms with Gasteiger partial charge in [0.05, 0.1) is 46.3 Å². The second kappa shape index (κ2) is 36.7. The van der Waals surface area contributed by atoms with Gasteiger partial charge in [-0.2, -0.15) is 10.5 Å². The number of nitrogens with two attached hydrogens (primary N) is 3. The van der Waals surface area contributed by atoms with Crippen molar-refractivity contribution in [1.82, 2.24) is 88.6 Å². The first-order chi connectivity index (χ1) is 49.7. The number of ether oxygens (including phenoxy) is 1. The number of halogens is 5. The van der Waals surface area contributed by atoms with Gasteiger partial charge in [-0.1, -0.05) is 142 Å². The van der Waals surface area contributed by atoms with Crippen LogP contribution in [0.3, 0.4) is 0 Å².